The number of rotatable bonds is 13. The first-order valence-corrected chi connectivity index (χ1v) is 12.1. The molecule has 30 heavy (non-hydrogen) atoms. The van der Waals surface area contributed by atoms with Crippen LogP contribution < -0.4 is 10.1 Å². The van der Waals surface area contributed by atoms with Crippen molar-refractivity contribution in [3.05, 3.63) is 24.0 Å². The number of imidazole rings is 1. The molecular weight excluding hydrogens is 370 g/mol. The number of benzene rings is 1. The third-order valence-corrected chi connectivity index (χ3v) is 5.68. The van der Waals surface area contributed by atoms with E-state index in [1.54, 1.807) is 0 Å². The number of hydrogen-bond acceptors (Lipinski definition) is 3. The van der Waals surface area contributed by atoms with Gasteiger partial charge in [-0.15, -0.1) is 0 Å². The van der Waals surface area contributed by atoms with Crippen molar-refractivity contribution < 1.29 is 4.74 Å². The Morgan fingerprint density at radius 3 is 2.57 bits per heavy atom. The van der Waals surface area contributed by atoms with E-state index in [0.29, 0.717) is 11.3 Å². The van der Waals surface area contributed by atoms with Crippen molar-refractivity contribution in [3.63, 3.8) is 0 Å². The lowest BCUT2D eigenvalue weighted by Crippen LogP contribution is -2.23. The monoisotopic (exact) mass is 415 g/mol. The van der Waals surface area contributed by atoms with Gasteiger partial charge >= 0.3 is 0 Å². The van der Waals surface area contributed by atoms with Gasteiger partial charge in [-0.2, -0.15) is 0 Å². The molecule has 0 saturated heterocycles. The maximum atomic E-state index is 6.35. The normalized spacial score (nSPS) is 14.2. The van der Waals surface area contributed by atoms with Crippen molar-refractivity contribution in [1.82, 2.24) is 14.9 Å². The molecule has 2 aromatic rings. The van der Waals surface area contributed by atoms with E-state index >= 15 is 0 Å². The quantitative estimate of drug-likeness (QED) is 0.374. The largest absolute Gasteiger partial charge is 0.490 e. The van der Waals surface area contributed by atoms with Crippen LogP contribution in [0.2, 0.25) is 0 Å². The Morgan fingerprint density at radius 2 is 1.93 bits per heavy atom. The number of ether oxygens (including phenoxy) is 1. The third-order valence-electron chi connectivity index (χ3n) is 5.68. The van der Waals surface area contributed by atoms with Crippen LogP contribution in [0.5, 0.6) is 5.75 Å². The standard InChI is InChI=1S/C26H45N3O/c1-8-11-16-29-24-18-22(30-21(9-2)14-15-27-10-3)12-13-23(24)28-25(29)17-20(4)19-26(5,6)7/h12-13,18,20-21,27H,8-11,14-17,19H2,1-7H3. The van der Waals surface area contributed by atoms with Crippen molar-refractivity contribution in [2.45, 2.75) is 99.6 Å². The first-order valence-electron chi connectivity index (χ1n) is 12.1. The van der Waals surface area contributed by atoms with Gasteiger partial charge in [-0.25, -0.2) is 4.98 Å². The Morgan fingerprint density at radius 1 is 1.17 bits per heavy atom. The summed E-state index contributed by atoms with van der Waals surface area (Å²) in [5.41, 5.74) is 2.67. The zero-order valence-electron chi connectivity index (χ0n) is 20.6. The van der Waals surface area contributed by atoms with E-state index in [-0.39, 0.29) is 6.10 Å². The van der Waals surface area contributed by atoms with E-state index in [2.05, 4.69) is 76.5 Å². The van der Waals surface area contributed by atoms with E-state index in [0.717, 1.165) is 50.2 Å². The molecule has 170 valence electrons. The molecule has 0 spiro atoms. The molecule has 0 fully saturated rings. The van der Waals surface area contributed by atoms with E-state index in [1.807, 2.05) is 0 Å². The van der Waals surface area contributed by atoms with E-state index in [1.165, 1.54) is 30.6 Å². The van der Waals surface area contributed by atoms with Gasteiger partial charge in [-0.05, 0) is 62.2 Å². The van der Waals surface area contributed by atoms with Crippen molar-refractivity contribution in [1.29, 1.82) is 0 Å². The van der Waals surface area contributed by atoms with Crippen LogP contribution in [-0.4, -0.2) is 28.7 Å². The van der Waals surface area contributed by atoms with Crippen molar-refractivity contribution in [2.24, 2.45) is 11.3 Å². The lowest BCUT2D eigenvalue weighted by Gasteiger charge is -2.23. The first-order chi connectivity index (χ1) is 14.3. The zero-order valence-corrected chi connectivity index (χ0v) is 20.6. The highest BCUT2D eigenvalue weighted by atomic mass is 16.5. The molecule has 0 amide bonds. The molecule has 0 aliphatic carbocycles. The first kappa shape index (κ1) is 24.7. The topological polar surface area (TPSA) is 39.1 Å². The van der Waals surface area contributed by atoms with Crippen molar-refractivity contribution in [2.75, 3.05) is 13.1 Å². The molecule has 2 unspecified atom stereocenters. The maximum absolute atomic E-state index is 6.35. The summed E-state index contributed by atoms with van der Waals surface area (Å²) >= 11 is 0. The highest BCUT2D eigenvalue weighted by Crippen LogP contribution is 2.29. The summed E-state index contributed by atoms with van der Waals surface area (Å²) in [5, 5.41) is 3.40. The second-order valence-corrected chi connectivity index (χ2v) is 10.0. The SMILES string of the molecule is CCCCn1c(CC(C)CC(C)(C)C)nc2ccc(OC(CC)CCNCC)cc21. The fourth-order valence-corrected chi connectivity index (χ4v) is 4.36. The van der Waals surface area contributed by atoms with E-state index in [4.69, 9.17) is 9.72 Å². The number of aromatic nitrogens is 2. The summed E-state index contributed by atoms with van der Waals surface area (Å²) in [6.45, 7) is 19.0. The molecule has 0 saturated carbocycles. The van der Waals surface area contributed by atoms with Gasteiger partial charge in [-0.3, -0.25) is 0 Å². The van der Waals surface area contributed by atoms with Gasteiger partial charge in [0.25, 0.3) is 0 Å². The Labute approximate surface area is 184 Å². The second kappa shape index (κ2) is 11.7. The van der Waals surface area contributed by atoms with Crippen LogP contribution in [-0.2, 0) is 13.0 Å². The minimum atomic E-state index is 0.250. The summed E-state index contributed by atoms with van der Waals surface area (Å²) < 4.78 is 8.80. The molecule has 0 aliphatic heterocycles. The number of unbranched alkanes of at least 4 members (excludes halogenated alkanes) is 1. The van der Waals surface area contributed by atoms with E-state index < -0.39 is 0 Å². The molecule has 4 heteroatoms. The fraction of sp³-hybridized carbons (Fsp3) is 0.731. The second-order valence-electron chi connectivity index (χ2n) is 10.0. The Kier molecular flexibility index (Phi) is 9.67. The number of hydrogen-bond donors (Lipinski definition) is 1. The molecule has 1 aromatic heterocycles. The minimum Gasteiger partial charge on any atom is -0.490 e. The van der Waals surface area contributed by atoms with Crippen LogP contribution in [0.25, 0.3) is 11.0 Å². The van der Waals surface area contributed by atoms with Gasteiger partial charge in [0.15, 0.2) is 0 Å². The van der Waals surface area contributed by atoms with Crippen LogP contribution in [0.3, 0.4) is 0 Å². The molecule has 2 rings (SSSR count). The smallest absolute Gasteiger partial charge is 0.121 e. The highest BCUT2D eigenvalue weighted by Gasteiger charge is 2.19. The molecule has 1 aromatic carbocycles. The minimum absolute atomic E-state index is 0.250. The number of nitrogens with one attached hydrogen (secondary N) is 1. The molecule has 1 heterocycles. The Bertz CT molecular complexity index is 759. The molecule has 4 nitrogen and oxygen atoms in total. The lowest BCUT2D eigenvalue weighted by molar-refractivity contribution is 0.186. The number of aryl methyl sites for hydroxylation is 1. The van der Waals surface area contributed by atoms with Crippen LogP contribution in [0.4, 0.5) is 0 Å². The van der Waals surface area contributed by atoms with Gasteiger partial charge in [0, 0.05) is 19.0 Å². The van der Waals surface area contributed by atoms with Gasteiger partial charge < -0.3 is 14.6 Å². The lowest BCUT2D eigenvalue weighted by atomic mass is 9.84. The van der Waals surface area contributed by atoms with Crippen LogP contribution >= 0.6 is 0 Å². The van der Waals surface area contributed by atoms with Crippen LogP contribution in [0.1, 0.15) is 86.4 Å². The molecule has 0 bridgehead atoms. The number of nitrogens with zero attached hydrogens (tertiary/aromatic N) is 2. The van der Waals surface area contributed by atoms with Crippen molar-refractivity contribution in [3.8, 4) is 5.75 Å². The van der Waals surface area contributed by atoms with Gasteiger partial charge in [0.05, 0.1) is 17.1 Å². The highest BCUT2D eigenvalue weighted by molar-refractivity contribution is 5.77. The van der Waals surface area contributed by atoms with Gasteiger partial charge in [0.1, 0.15) is 11.6 Å². The average Bonchev–Trinajstić information content (AvgIpc) is 3.00. The predicted octanol–water partition coefficient (Wildman–Crippen LogP) is 6.61. The van der Waals surface area contributed by atoms with Crippen LogP contribution in [0, 0.1) is 11.3 Å². The van der Waals surface area contributed by atoms with Crippen molar-refractivity contribution >= 4 is 11.0 Å². The summed E-state index contributed by atoms with van der Waals surface area (Å²) in [6, 6.07) is 6.45. The summed E-state index contributed by atoms with van der Waals surface area (Å²) in [4.78, 5) is 5.03. The van der Waals surface area contributed by atoms with Crippen LogP contribution in [0.15, 0.2) is 18.2 Å². The maximum Gasteiger partial charge on any atom is 0.121 e. The predicted molar refractivity (Wildman–Crippen MR) is 129 cm³/mol. The average molecular weight is 416 g/mol. The van der Waals surface area contributed by atoms with Gasteiger partial charge in [0.2, 0.25) is 0 Å². The third kappa shape index (κ3) is 7.61. The molecule has 0 radical (unpaired) electrons. The summed E-state index contributed by atoms with van der Waals surface area (Å²) in [7, 11) is 0. The molecule has 1 N–H and O–H groups in total. The molecule has 0 aliphatic rings. The van der Waals surface area contributed by atoms with Gasteiger partial charge in [-0.1, -0.05) is 54.9 Å². The number of fused-ring (bicyclic) bond motifs is 1. The fourth-order valence-electron chi connectivity index (χ4n) is 4.36. The Balaban J connectivity index is 2.24. The van der Waals surface area contributed by atoms with E-state index in [9.17, 15) is 0 Å². The summed E-state index contributed by atoms with van der Waals surface area (Å²) in [6.07, 6.45) is 6.92. The summed E-state index contributed by atoms with van der Waals surface area (Å²) in [5.74, 6) is 2.82. The molecule has 2 atom stereocenters. The Hall–Kier alpha value is -1.55. The molecular formula is C26H45N3O. The zero-order chi connectivity index (χ0) is 22.1.